The highest BCUT2D eigenvalue weighted by atomic mass is 32.1. The van der Waals surface area contributed by atoms with Gasteiger partial charge in [0.05, 0.1) is 0 Å². The quantitative estimate of drug-likeness (QED) is 0.646. The lowest BCUT2D eigenvalue weighted by molar-refractivity contribution is 0.734. The molecule has 0 heterocycles. The van der Waals surface area contributed by atoms with Crippen molar-refractivity contribution in [3.05, 3.63) is 59.7 Å². The molecule has 2 N–H and O–H groups in total. The Kier molecular flexibility index (Phi) is 6.17. The first kappa shape index (κ1) is 17.5. The van der Waals surface area contributed by atoms with Crippen molar-refractivity contribution in [2.24, 2.45) is 0 Å². The second-order valence-corrected chi connectivity index (χ2v) is 6.70. The van der Waals surface area contributed by atoms with Crippen molar-refractivity contribution in [1.82, 2.24) is 0 Å². The third-order valence-electron chi connectivity index (χ3n) is 4.19. The molecule has 2 aromatic carbocycles. The summed E-state index contributed by atoms with van der Waals surface area (Å²) in [5.74, 6) is 1.13. The Balaban J connectivity index is 1.94. The van der Waals surface area contributed by atoms with Crippen LogP contribution < -0.4 is 10.6 Å². The predicted molar refractivity (Wildman–Crippen MR) is 106 cm³/mol. The third-order valence-corrected chi connectivity index (χ3v) is 4.39. The van der Waals surface area contributed by atoms with E-state index < -0.39 is 0 Å². The van der Waals surface area contributed by atoms with Crippen LogP contribution in [0, 0.1) is 0 Å². The zero-order valence-electron chi connectivity index (χ0n) is 14.4. The van der Waals surface area contributed by atoms with Gasteiger partial charge in [0.2, 0.25) is 0 Å². The van der Waals surface area contributed by atoms with E-state index in [9.17, 15) is 0 Å². The van der Waals surface area contributed by atoms with E-state index in [0.29, 0.717) is 16.9 Å². The van der Waals surface area contributed by atoms with Crippen molar-refractivity contribution in [2.75, 3.05) is 10.6 Å². The van der Waals surface area contributed by atoms with Crippen LogP contribution in [0.5, 0.6) is 0 Å². The van der Waals surface area contributed by atoms with Crippen molar-refractivity contribution < 1.29 is 0 Å². The molecule has 2 nitrogen and oxygen atoms in total. The standard InChI is InChI=1S/C20H26N2S/c1-5-15(4)17-8-12-19(13-9-17)22-20(23)21-18-10-6-16(7-11-18)14(2)3/h6-15H,5H2,1-4H3,(H2,21,22,23). The molecule has 0 amide bonds. The zero-order valence-corrected chi connectivity index (χ0v) is 15.2. The van der Waals surface area contributed by atoms with Crippen molar-refractivity contribution in [1.29, 1.82) is 0 Å². The molecule has 1 unspecified atom stereocenters. The van der Waals surface area contributed by atoms with Crippen LogP contribution in [0.1, 0.15) is 57.1 Å². The van der Waals surface area contributed by atoms with Crippen LogP contribution in [0.3, 0.4) is 0 Å². The van der Waals surface area contributed by atoms with E-state index in [-0.39, 0.29) is 0 Å². The van der Waals surface area contributed by atoms with Crippen molar-refractivity contribution >= 4 is 28.7 Å². The van der Waals surface area contributed by atoms with E-state index in [0.717, 1.165) is 17.8 Å². The summed E-state index contributed by atoms with van der Waals surface area (Å²) >= 11 is 5.39. The molecule has 122 valence electrons. The minimum atomic E-state index is 0.540. The Labute approximate surface area is 145 Å². The summed E-state index contributed by atoms with van der Waals surface area (Å²) in [6.07, 6.45) is 1.15. The minimum absolute atomic E-state index is 0.540. The van der Waals surface area contributed by atoms with Crippen LogP contribution in [0.25, 0.3) is 0 Å². The molecule has 2 aromatic rings. The smallest absolute Gasteiger partial charge is 0.175 e. The summed E-state index contributed by atoms with van der Waals surface area (Å²) in [4.78, 5) is 0. The summed E-state index contributed by atoms with van der Waals surface area (Å²) in [7, 11) is 0. The van der Waals surface area contributed by atoms with Gasteiger partial charge in [-0.05, 0) is 65.9 Å². The number of hydrogen-bond donors (Lipinski definition) is 2. The SMILES string of the molecule is CCC(C)c1ccc(NC(=S)Nc2ccc(C(C)C)cc2)cc1. The molecular formula is C20H26N2S. The number of nitrogens with one attached hydrogen (secondary N) is 2. The molecule has 0 saturated heterocycles. The molecule has 2 rings (SSSR count). The predicted octanol–water partition coefficient (Wildman–Crippen LogP) is 6.13. The third kappa shape index (κ3) is 5.07. The number of anilines is 2. The summed E-state index contributed by atoms with van der Waals surface area (Å²) < 4.78 is 0. The molecule has 0 saturated carbocycles. The Morgan fingerprint density at radius 2 is 1.26 bits per heavy atom. The Morgan fingerprint density at radius 3 is 1.65 bits per heavy atom. The van der Waals surface area contributed by atoms with E-state index in [2.05, 4.69) is 86.9 Å². The zero-order chi connectivity index (χ0) is 16.8. The van der Waals surface area contributed by atoms with Crippen LogP contribution in [0.15, 0.2) is 48.5 Å². The van der Waals surface area contributed by atoms with E-state index in [4.69, 9.17) is 12.2 Å². The molecule has 0 aliphatic heterocycles. The number of rotatable bonds is 5. The molecule has 0 spiro atoms. The van der Waals surface area contributed by atoms with Gasteiger partial charge >= 0.3 is 0 Å². The Hall–Kier alpha value is -1.87. The van der Waals surface area contributed by atoms with Crippen LogP contribution >= 0.6 is 12.2 Å². The first-order valence-corrected chi connectivity index (χ1v) is 8.68. The lowest BCUT2D eigenvalue weighted by Crippen LogP contribution is -2.19. The van der Waals surface area contributed by atoms with Crippen molar-refractivity contribution in [3.8, 4) is 0 Å². The molecule has 0 aromatic heterocycles. The van der Waals surface area contributed by atoms with Gasteiger partial charge in [0, 0.05) is 11.4 Å². The van der Waals surface area contributed by atoms with E-state index in [1.165, 1.54) is 11.1 Å². The molecule has 1 atom stereocenters. The van der Waals surface area contributed by atoms with Gasteiger partial charge in [-0.1, -0.05) is 52.0 Å². The Morgan fingerprint density at radius 1 is 0.826 bits per heavy atom. The largest absolute Gasteiger partial charge is 0.332 e. The highest BCUT2D eigenvalue weighted by Crippen LogP contribution is 2.21. The van der Waals surface area contributed by atoms with Gasteiger partial charge in [-0.25, -0.2) is 0 Å². The molecule has 0 radical (unpaired) electrons. The fraction of sp³-hybridized carbons (Fsp3) is 0.350. The highest BCUT2D eigenvalue weighted by Gasteiger charge is 2.04. The fourth-order valence-electron chi connectivity index (χ4n) is 2.38. The molecule has 0 aliphatic carbocycles. The monoisotopic (exact) mass is 326 g/mol. The fourth-order valence-corrected chi connectivity index (χ4v) is 2.61. The average Bonchev–Trinajstić information content (AvgIpc) is 2.55. The van der Waals surface area contributed by atoms with Gasteiger partial charge in [-0.2, -0.15) is 0 Å². The van der Waals surface area contributed by atoms with E-state index in [1.807, 2.05) is 0 Å². The van der Waals surface area contributed by atoms with Gasteiger partial charge in [0.1, 0.15) is 0 Å². The lowest BCUT2D eigenvalue weighted by Gasteiger charge is -2.13. The van der Waals surface area contributed by atoms with Crippen LogP contribution in [0.2, 0.25) is 0 Å². The first-order valence-electron chi connectivity index (χ1n) is 8.27. The van der Waals surface area contributed by atoms with Crippen molar-refractivity contribution in [3.63, 3.8) is 0 Å². The lowest BCUT2D eigenvalue weighted by atomic mass is 9.99. The van der Waals surface area contributed by atoms with Gasteiger partial charge in [0.25, 0.3) is 0 Å². The second kappa shape index (κ2) is 8.11. The highest BCUT2D eigenvalue weighted by molar-refractivity contribution is 7.80. The molecule has 0 fully saturated rings. The van der Waals surface area contributed by atoms with E-state index in [1.54, 1.807) is 0 Å². The summed E-state index contributed by atoms with van der Waals surface area (Å²) in [5.41, 5.74) is 4.70. The minimum Gasteiger partial charge on any atom is -0.332 e. The van der Waals surface area contributed by atoms with Gasteiger partial charge < -0.3 is 10.6 Å². The maximum atomic E-state index is 5.39. The summed E-state index contributed by atoms with van der Waals surface area (Å²) in [6, 6.07) is 16.9. The average molecular weight is 327 g/mol. The van der Waals surface area contributed by atoms with Gasteiger partial charge in [-0.3, -0.25) is 0 Å². The molecule has 0 aliphatic rings. The first-order chi connectivity index (χ1) is 11.0. The van der Waals surface area contributed by atoms with Crippen LogP contribution in [0.4, 0.5) is 11.4 Å². The summed E-state index contributed by atoms with van der Waals surface area (Å²) in [6.45, 7) is 8.84. The number of benzene rings is 2. The van der Waals surface area contributed by atoms with Crippen LogP contribution in [-0.2, 0) is 0 Å². The van der Waals surface area contributed by atoms with Gasteiger partial charge in [0.15, 0.2) is 5.11 Å². The van der Waals surface area contributed by atoms with Crippen LogP contribution in [-0.4, -0.2) is 5.11 Å². The van der Waals surface area contributed by atoms with Gasteiger partial charge in [-0.15, -0.1) is 0 Å². The molecule has 3 heteroatoms. The molecular weight excluding hydrogens is 300 g/mol. The summed E-state index contributed by atoms with van der Waals surface area (Å²) in [5, 5.41) is 7.07. The van der Waals surface area contributed by atoms with Crippen molar-refractivity contribution in [2.45, 2.75) is 46.0 Å². The molecule has 0 bridgehead atoms. The second-order valence-electron chi connectivity index (χ2n) is 6.29. The Bertz CT molecular complexity index is 630. The topological polar surface area (TPSA) is 24.1 Å². The number of thiocarbonyl (C=S) groups is 1. The maximum absolute atomic E-state index is 5.39. The van der Waals surface area contributed by atoms with E-state index >= 15 is 0 Å². The number of hydrogen-bond acceptors (Lipinski definition) is 1. The maximum Gasteiger partial charge on any atom is 0.175 e. The molecule has 23 heavy (non-hydrogen) atoms. The normalized spacial score (nSPS) is 12.0.